The Morgan fingerprint density at radius 1 is 0.672 bits per heavy atom. The number of allylic oxidation sites excluding steroid dienone is 2. The smallest absolute Gasteiger partial charge is 0.387 e. The first-order valence-electron chi connectivity index (χ1n) is 25.1. The van der Waals surface area contributed by atoms with E-state index in [0.717, 1.165) is 28.3 Å². The maximum Gasteiger partial charge on any atom is 0.387 e. The van der Waals surface area contributed by atoms with Crippen molar-refractivity contribution in [2.45, 2.75) is 125 Å². The van der Waals surface area contributed by atoms with E-state index in [4.69, 9.17) is 11.6 Å². The first-order chi connectivity index (χ1) is 32.2. The van der Waals surface area contributed by atoms with Gasteiger partial charge >= 0.3 is 6.61 Å². The Balaban J connectivity index is 0.000000196. The van der Waals surface area contributed by atoms with Gasteiger partial charge in [-0.15, -0.1) is 0 Å². The van der Waals surface area contributed by atoms with E-state index in [0.29, 0.717) is 11.8 Å². The lowest BCUT2D eigenvalue weighted by molar-refractivity contribution is -0.0498. The molecule has 0 unspecified atom stereocenters. The summed E-state index contributed by atoms with van der Waals surface area (Å²) < 4.78 is 40.9. The molecule has 8 heteroatoms. The average Bonchev–Trinajstić information content (AvgIpc) is 3.73. The average molecular weight is 941 g/mol. The zero-order chi connectivity index (χ0) is 48.6. The summed E-state index contributed by atoms with van der Waals surface area (Å²) in [6.07, 6.45) is 18.8. The van der Waals surface area contributed by atoms with Crippen LogP contribution in [0.5, 0.6) is 5.75 Å². The van der Waals surface area contributed by atoms with Gasteiger partial charge in [-0.3, -0.25) is 0 Å². The van der Waals surface area contributed by atoms with Crippen molar-refractivity contribution in [1.29, 1.82) is 0 Å². The minimum Gasteiger partial charge on any atom is -0.435 e. The molecule has 1 aromatic heterocycles. The van der Waals surface area contributed by atoms with Crippen LogP contribution in [0.1, 0.15) is 141 Å². The molecular weight excluding hydrogens is 859 g/mol. The number of fused-ring (bicyclic) bond motifs is 1. The highest BCUT2D eigenvalue weighted by molar-refractivity contribution is 6.31. The molecule has 7 rings (SSSR count). The van der Waals surface area contributed by atoms with Crippen molar-refractivity contribution in [2.75, 3.05) is 39.3 Å². The Kier molecular flexibility index (Phi) is 25.0. The molecule has 3 heterocycles. The number of piperidine rings is 2. The number of halogens is 4. The predicted octanol–water partition coefficient (Wildman–Crippen LogP) is 17.1. The van der Waals surface area contributed by atoms with Crippen LogP contribution >= 0.6 is 11.6 Å². The van der Waals surface area contributed by atoms with E-state index in [-0.39, 0.29) is 17.5 Å². The molecule has 366 valence electrons. The molecule has 2 fully saturated rings. The third-order valence-corrected chi connectivity index (χ3v) is 13.1. The molecule has 5 aromatic rings. The largest absolute Gasteiger partial charge is 0.435 e. The van der Waals surface area contributed by atoms with Crippen LogP contribution in [0, 0.1) is 29.5 Å². The fourth-order valence-electron chi connectivity index (χ4n) is 8.49. The summed E-state index contributed by atoms with van der Waals surface area (Å²) in [4.78, 5) is 8.50. The number of nitrogens with zero attached hydrogens (tertiary/aromatic N) is 2. The second-order valence-corrected chi connectivity index (χ2v) is 20.2. The SMILES string of the molecule is CC(C)/C(Cl)=C/c1ccc(OC(F)F)cc1.CC(C)/C=C/c1c[nH]c2ccccc12.CC(C)CCCN1CCC(c2ccc(F)cc2)CC1.CC(C)CCCN1CCC(c2ccccc2)CC1. The number of para-hydroxylation sites is 1. The van der Waals surface area contributed by atoms with Crippen molar-refractivity contribution in [3.63, 3.8) is 0 Å². The molecule has 0 bridgehead atoms. The van der Waals surface area contributed by atoms with Crippen LogP contribution in [0.25, 0.3) is 23.1 Å². The number of nitrogens with one attached hydrogen (secondary N) is 1. The third kappa shape index (κ3) is 21.7. The number of likely N-dealkylation sites (tertiary alicyclic amines) is 2. The van der Waals surface area contributed by atoms with Gasteiger partial charge in [0.15, 0.2) is 0 Å². The molecular formula is C59H81ClF3N3O. The van der Waals surface area contributed by atoms with E-state index in [1.807, 2.05) is 26.0 Å². The van der Waals surface area contributed by atoms with E-state index in [1.54, 1.807) is 35.9 Å². The Morgan fingerprint density at radius 2 is 1.18 bits per heavy atom. The molecule has 0 atom stereocenters. The zero-order valence-electron chi connectivity index (χ0n) is 41.9. The summed E-state index contributed by atoms with van der Waals surface area (Å²) in [5.74, 6) is 3.96. The molecule has 0 amide bonds. The van der Waals surface area contributed by atoms with Crippen molar-refractivity contribution >= 4 is 34.7 Å². The standard InChI is InChI=1S/C17H26FN.C17H27N.C13H15N.C12H13ClF2O/c1-14(2)4-3-11-19-12-9-16(10-13-19)15-5-7-17(18)8-6-15;1-15(2)7-6-12-18-13-10-17(11-14-18)16-8-4-3-5-9-16;1-10(2)7-8-11-9-14-13-6-4-3-5-12(11)13;1-8(2)11(13)7-9-3-5-10(6-4-9)16-12(14)15/h5-8,14,16H,3-4,9-13H2,1-2H3;3-5,8-9,15,17H,6-7,10-14H2,1-2H3;3-10,14H,1-2H3;3-8,12H,1-2H3/b;;8-7+;11-7-. The van der Waals surface area contributed by atoms with Crippen LogP contribution in [-0.2, 0) is 0 Å². The second-order valence-electron chi connectivity index (χ2n) is 19.8. The maximum atomic E-state index is 12.9. The third-order valence-electron chi connectivity index (χ3n) is 12.5. The highest BCUT2D eigenvalue weighted by atomic mass is 35.5. The van der Waals surface area contributed by atoms with Crippen LogP contribution < -0.4 is 4.74 Å². The highest BCUT2D eigenvalue weighted by Gasteiger charge is 2.21. The number of hydrogen-bond donors (Lipinski definition) is 1. The van der Waals surface area contributed by atoms with E-state index < -0.39 is 6.61 Å². The van der Waals surface area contributed by atoms with Gasteiger partial charge in [0.1, 0.15) is 11.6 Å². The predicted molar refractivity (Wildman–Crippen MR) is 282 cm³/mol. The van der Waals surface area contributed by atoms with Gasteiger partial charge in [-0.25, -0.2) is 4.39 Å². The lowest BCUT2D eigenvalue weighted by Gasteiger charge is -2.32. The number of H-pyrrole nitrogens is 1. The number of hydrogen-bond acceptors (Lipinski definition) is 3. The molecule has 4 aromatic carbocycles. The van der Waals surface area contributed by atoms with Gasteiger partial charge in [0.25, 0.3) is 0 Å². The van der Waals surface area contributed by atoms with Crippen molar-refractivity contribution in [1.82, 2.24) is 14.8 Å². The fourth-order valence-corrected chi connectivity index (χ4v) is 8.61. The van der Waals surface area contributed by atoms with Crippen LogP contribution in [0.15, 0.2) is 120 Å². The molecule has 1 N–H and O–H groups in total. The van der Waals surface area contributed by atoms with Crippen LogP contribution in [0.4, 0.5) is 13.2 Å². The first-order valence-corrected chi connectivity index (χ1v) is 25.5. The van der Waals surface area contributed by atoms with Gasteiger partial charge < -0.3 is 19.5 Å². The Morgan fingerprint density at radius 3 is 1.67 bits per heavy atom. The molecule has 2 aliphatic heterocycles. The van der Waals surface area contributed by atoms with E-state index in [9.17, 15) is 13.2 Å². The quantitative estimate of drug-likeness (QED) is 0.107. The summed E-state index contributed by atoms with van der Waals surface area (Å²) in [6, 6.07) is 32.8. The number of aromatic amines is 1. The zero-order valence-corrected chi connectivity index (χ0v) is 42.6. The van der Waals surface area contributed by atoms with E-state index >= 15 is 0 Å². The number of alkyl halides is 2. The minimum absolute atomic E-state index is 0.130. The maximum absolute atomic E-state index is 12.9. The lowest BCUT2D eigenvalue weighted by atomic mass is 9.89. The summed E-state index contributed by atoms with van der Waals surface area (Å²) >= 11 is 5.98. The summed E-state index contributed by atoms with van der Waals surface area (Å²) in [6.45, 7) is 22.3. The lowest BCUT2D eigenvalue weighted by Crippen LogP contribution is -2.33. The minimum atomic E-state index is -2.79. The topological polar surface area (TPSA) is 31.5 Å². The second kappa shape index (κ2) is 30.2. The van der Waals surface area contributed by atoms with E-state index in [2.05, 4.69) is 134 Å². The Bertz CT molecular complexity index is 2110. The first kappa shape index (κ1) is 55.3. The number of aromatic nitrogens is 1. The van der Waals surface area contributed by atoms with Gasteiger partial charge in [-0.1, -0.05) is 152 Å². The van der Waals surface area contributed by atoms with Crippen molar-refractivity contribution in [3.8, 4) is 5.75 Å². The molecule has 67 heavy (non-hydrogen) atoms. The van der Waals surface area contributed by atoms with E-state index in [1.165, 1.54) is 125 Å². The summed E-state index contributed by atoms with van der Waals surface area (Å²) in [5.41, 5.74) is 6.19. The number of ether oxygens (including phenoxy) is 1. The Labute approximate surface area is 408 Å². The summed E-state index contributed by atoms with van der Waals surface area (Å²) in [5, 5.41) is 2.02. The molecule has 0 radical (unpaired) electrons. The van der Waals surface area contributed by atoms with Crippen LogP contribution in [0.3, 0.4) is 0 Å². The monoisotopic (exact) mass is 940 g/mol. The summed E-state index contributed by atoms with van der Waals surface area (Å²) in [7, 11) is 0. The Hall–Kier alpha value is -4.30. The van der Waals surface area contributed by atoms with Gasteiger partial charge in [-0.2, -0.15) is 8.78 Å². The van der Waals surface area contributed by atoms with Gasteiger partial charge in [0.05, 0.1) is 0 Å². The van der Waals surface area contributed by atoms with Gasteiger partial charge in [0.2, 0.25) is 0 Å². The van der Waals surface area contributed by atoms with Crippen LogP contribution in [-0.4, -0.2) is 60.7 Å². The van der Waals surface area contributed by atoms with Gasteiger partial charge in [-0.05, 0) is 185 Å². The molecule has 2 saturated heterocycles. The van der Waals surface area contributed by atoms with Crippen molar-refractivity contribution in [3.05, 3.63) is 149 Å². The number of benzene rings is 4. The highest BCUT2D eigenvalue weighted by Crippen LogP contribution is 2.30. The molecule has 0 spiro atoms. The number of rotatable bonds is 16. The molecule has 2 aliphatic rings. The van der Waals surface area contributed by atoms with Crippen molar-refractivity contribution in [2.24, 2.45) is 23.7 Å². The van der Waals surface area contributed by atoms with Crippen molar-refractivity contribution < 1.29 is 17.9 Å². The molecule has 0 saturated carbocycles. The van der Waals surface area contributed by atoms with Gasteiger partial charge in [0, 0.05) is 22.1 Å². The fraction of sp³-hybridized carbons (Fsp3) is 0.492. The molecule has 0 aliphatic carbocycles. The van der Waals surface area contributed by atoms with Crippen LogP contribution in [0.2, 0.25) is 0 Å². The normalized spacial score (nSPS) is 15.5. The molecule has 4 nitrogen and oxygen atoms in total.